The van der Waals surface area contributed by atoms with Crippen molar-refractivity contribution >= 4 is 52.8 Å². The molecule has 52 heavy (non-hydrogen) atoms. The largest absolute Gasteiger partial charge is 0.511 e. The maximum absolute atomic E-state index is 13.9. The second-order valence-corrected chi connectivity index (χ2v) is 12.8. The van der Waals surface area contributed by atoms with Crippen LogP contribution in [0.25, 0.3) is 5.69 Å². The van der Waals surface area contributed by atoms with Crippen LogP contribution in [0.2, 0.25) is 5.02 Å². The van der Waals surface area contributed by atoms with Gasteiger partial charge in [-0.15, -0.1) is 5.10 Å². The van der Waals surface area contributed by atoms with Crippen molar-refractivity contribution in [1.82, 2.24) is 25.1 Å². The monoisotopic (exact) mass is 729 g/mol. The first-order valence-corrected chi connectivity index (χ1v) is 17.2. The summed E-state index contributed by atoms with van der Waals surface area (Å²) in [4.78, 5) is 68.7. The van der Waals surface area contributed by atoms with Crippen LogP contribution in [0.5, 0.6) is 0 Å². The number of ether oxygens (including phenoxy) is 3. The first-order chi connectivity index (χ1) is 25.1. The second-order valence-electron chi connectivity index (χ2n) is 12.4. The Labute approximate surface area is 303 Å². The predicted octanol–water partition coefficient (Wildman–Crippen LogP) is 4.73. The van der Waals surface area contributed by atoms with Gasteiger partial charge in [-0.2, -0.15) is 4.68 Å². The second kappa shape index (κ2) is 16.5. The van der Waals surface area contributed by atoms with Gasteiger partial charge >= 0.3 is 12.1 Å². The number of tetrazole rings is 1. The van der Waals surface area contributed by atoms with E-state index in [4.69, 9.17) is 25.8 Å². The third-order valence-electron chi connectivity index (χ3n) is 8.73. The van der Waals surface area contributed by atoms with Crippen molar-refractivity contribution in [2.75, 3.05) is 23.3 Å². The Morgan fingerprint density at radius 1 is 0.904 bits per heavy atom. The zero-order chi connectivity index (χ0) is 36.6. The van der Waals surface area contributed by atoms with Gasteiger partial charge in [0.1, 0.15) is 31.6 Å². The molecule has 2 heterocycles. The first kappa shape index (κ1) is 36.0. The van der Waals surface area contributed by atoms with Gasteiger partial charge in [0.25, 0.3) is 0 Å². The lowest BCUT2D eigenvalue weighted by Crippen LogP contribution is -2.60. The maximum Gasteiger partial charge on any atom is 0.511 e. The van der Waals surface area contributed by atoms with Crippen LogP contribution >= 0.6 is 11.6 Å². The van der Waals surface area contributed by atoms with E-state index < -0.39 is 42.2 Å². The number of anilines is 2. The number of piperazine rings is 1. The molecular formula is C36H36ClN7O8. The smallest absolute Gasteiger partial charge is 0.431 e. The zero-order valence-corrected chi connectivity index (χ0v) is 29.0. The van der Waals surface area contributed by atoms with E-state index in [0.29, 0.717) is 22.1 Å². The van der Waals surface area contributed by atoms with Crippen LogP contribution in [0.15, 0.2) is 79.1 Å². The lowest BCUT2D eigenvalue weighted by Gasteiger charge is -2.38. The number of hydrogen-bond donors (Lipinski definition) is 1. The predicted molar refractivity (Wildman–Crippen MR) is 187 cm³/mol. The quantitative estimate of drug-likeness (QED) is 0.167. The number of esters is 1. The van der Waals surface area contributed by atoms with E-state index in [1.807, 2.05) is 30.3 Å². The molecule has 3 aromatic carbocycles. The van der Waals surface area contributed by atoms with E-state index in [2.05, 4.69) is 20.8 Å². The van der Waals surface area contributed by atoms with Gasteiger partial charge in [-0.1, -0.05) is 48.4 Å². The number of nitrogens with one attached hydrogen (secondary N) is 1. The Balaban J connectivity index is 1.12. The fourth-order valence-corrected chi connectivity index (χ4v) is 6.30. The van der Waals surface area contributed by atoms with Crippen LogP contribution in [0.1, 0.15) is 54.9 Å². The van der Waals surface area contributed by atoms with Crippen molar-refractivity contribution in [2.45, 2.75) is 63.9 Å². The third kappa shape index (κ3) is 8.90. The molecule has 0 spiro atoms. The Morgan fingerprint density at radius 2 is 1.65 bits per heavy atom. The summed E-state index contributed by atoms with van der Waals surface area (Å²) in [7, 11) is 0. The molecule has 3 amide bonds. The lowest BCUT2D eigenvalue weighted by molar-refractivity contribution is -0.143. The maximum atomic E-state index is 13.9. The van der Waals surface area contributed by atoms with E-state index >= 15 is 0 Å². The standard InChI is InChI=1S/C36H36ClN7O8/c1-23(51-36(49)52-28-10-6-3-7-11-28)50-35(48)25-12-15-27(16-13-25)39-34(47)31(18-24-8-4-2-5-9-24)43-21-32(45)42(20-33(43)46)30-19-26(37)14-17-29(30)44-22-38-40-41-44/h2,4-5,8-9,12-17,19,22-23,28,31H,3,6-7,10-11,18,20-21H2,1H3,(H,39,47). The minimum atomic E-state index is -1.19. The molecule has 0 bridgehead atoms. The Bertz CT molecular complexity index is 1900. The van der Waals surface area contributed by atoms with Gasteiger partial charge in [-0.05, 0) is 84.1 Å². The van der Waals surface area contributed by atoms with E-state index in [1.54, 1.807) is 18.2 Å². The molecule has 2 fully saturated rings. The van der Waals surface area contributed by atoms with Crippen LogP contribution in [-0.2, 0) is 35.0 Å². The molecule has 1 N–H and O–H groups in total. The molecule has 2 aliphatic rings. The van der Waals surface area contributed by atoms with Gasteiger partial charge in [0.05, 0.1) is 16.9 Å². The Hall–Kier alpha value is -5.83. The van der Waals surface area contributed by atoms with Crippen molar-refractivity contribution in [3.8, 4) is 5.69 Å². The van der Waals surface area contributed by atoms with E-state index in [1.165, 1.54) is 52.0 Å². The van der Waals surface area contributed by atoms with Gasteiger partial charge in [0.15, 0.2) is 0 Å². The van der Waals surface area contributed by atoms with Crippen molar-refractivity contribution in [1.29, 1.82) is 0 Å². The number of amides is 3. The van der Waals surface area contributed by atoms with Gasteiger partial charge in [-0.3, -0.25) is 19.3 Å². The molecule has 1 saturated heterocycles. The van der Waals surface area contributed by atoms with Gasteiger partial charge in [0.2, 0.25) is 24.0 Å². The lowest BCUT2D eigenvalue weighted by atomic mass is 9.98. The molecule has 6 rings (SSSR count). The molecule has 2 unspecified atom stereocenters. The number of nitrogens with zero attached hydrogens (tertiary/aromatic N) is 6. The zero-order valence-electron chi connectivity index (χ0n) is 28.2. The third-order valence-corrected chi connectivity index (χ3v) is 8.97. The minimum absolute atomic E-state index is 0.129. The molecule has 0 radical (unpaired) electrons. The molecule has 1 aliphatic carbocycles. The van der Waals surface area contributed by atoms with E-state index in [9.17, 15) is 24.0 Å². The Kier molecular flexibility index (Phi) is 11.4. The molecule has 2 atom stereocenters. The van der Waals surface area contributed by atoms with Crippen molar-refractivity contribution < 1.29 is 38.2 Å². The molecule has 270 valence electrons. The number of rotatable bonds is 11. The molecule has 4 aromatic rings. The van der Waals surface area contributed by atoms with Crippen LogP contribution in [-0.4, -0.2) is 86.5 Å². The molecule has 1 saturated carbocycles. The van der Waals surface area contributed by atoms with Crippen LogP contribution < -0.4 is 10.2 Å². The molecule has 15 nitrogen and oxygen atoms in total. The molecule has 1 aromatic heterocycles. The normalized spacial score (nSPS) is 16.2. The molecule has 16 heteroatoms. The number of carbonyl (C=O) groups is 5. The van der Waals surface area contributed by atoms with Crippen molar-refractivity contribution in [3.63, 3.8) is 0 Å². The fraction of sp³-hybridized carbons (Fsp3) is 0.333. The highest BCUT2D eigenvalue weighted by atomic mass is 35.5. The van der Waals surface area contributed by atoms with Crippen molar-refractivity contribution in [2.24, 2.45) is 0 Å². The number of halogens is 1. The summed E-state index contributed by atoms with van der Waals surface area (Å²) in [6.07, 6.45) is 3.83. The molecule has 1 aliphatic heterocycles. The number of carbonyl (C=O) groups excluding carboxylic acids is 5. The van der Waals surface area contributed by atoms with Crippen LogP contribution in [0.4, 0.5) is 16.2 Å². The average molecular weight is 730 g/mol. The Morgan fingerprint density at radius 3 is 2.37 bits per heavy atom. The van der Waals surface area contributed by atoms with Crippen LogP contribution in [0.3, 0.4) is 0 Å². The SMILES string of the molecule is CC(OC(=O)OC1CCCCC1)OC(=O)c1ccc(NC(=O)C(Cc2ccccc2)N2CC(=O)N(c3cc(Cl)ccc3-n3cnnn3)CC2=O)cc1. The minimum Gasteiger partial charge on any atom is -0.431 e. The summed E-state index contributed by atoms with van der Waals surface area (Å²) in [5.41, 5.74) is 2.03. The van der Waals surface area contributed by atoms with Gasteiger partial charge < -0.3 is 24.4 Å². The summed E-state index contributed by atoms with van der Waals surface area (Å²) >= 11 is 6.27. The summed E-state index contributed by atoms with van der Waals surface area (Å²) in [6, 6.07) is 18.8. The summed E-state index contributed by atoms with van der Waals surface area (Å²) in [6.45, 7) is 0.671. The molecular weight excluding hydrogens is 694 g/mol. The first-order valence-electron chi connectivity index (χ1n) is 16.8. The summed E-state index contributed by atoms with van der Waals surface area (Å²) in [5, 5.41) is 14.4. The van der Waals surface area contributed by atoms with E-state index in [0.717, 1.165) is 37.7 Å². The average Bonchev–Trinajstić information content (AvgIpc) is 3.67. The highest BCUT2D eigenvalue weighted by molar-refractivity contribution is 6.31. The highest BCUT2D eigenvalue weighted by Gasteiger charge is 2.39. The summed E-state index contributed by atoms with van der Waals surface area (Å²) in [5.74, 6) is -2.19. The highest BCUT2D eigenvalue weighted by Crippen LogP contribution is 2.30. The topological polar surface area (TPSA) is 175 Å². The van der Waals surface area contributed by atoms with Crippen molar-refractivity contribution in [3.05, 3.63) is 95.3 Å². The summed E-state index contributed by atoms with van der Waals surface area (Å²) < 4.78 is 17.0. The van der Waals surface area contributed by atoms with E-state index in [-0.39, 0.29) is 31.2 Å². The number of hydrogen-bond acceptors (Lipinski definition) is 11. The van der Waals surface area contributed by atoms with Gasteiger partial charge in [-0.25, -0.2) is 9.59 Å². The number of benzene rings is 3. The van der Waals surface area contributed by atoms with Gasteiger partial charge in [0, 0.05) is 24.1 Å². The number of aromatic nitrogens is 4. The van der Waals surface area contributed by atoms with Crippen LogP contribution in [0, 0.1) is 0 Å². The fourth-order valence-electron chi connectivity index (χ4n) is 6.14.